The van der Waals surface area contributed by atoms with Crippen LogP contribution in [-0.4, -0.2) is 14.2 Å². The predicted octanol–water partition coefficient (Wildman–Crippen LogP) is 4.92. The van der Waals surface area contributed by atoms with Gasteiger partial charge in [-0.1, -0.05) is 45.2 Å². The summed E-state index contributed by atoms with van der Waals surface area (Å²) in [4.78, 5) is 0. The molecule has 0 aliphatic rings. The Kier molecular flexibility index (Phi) is 5.68. The van der Waals surface area contributed by atoms with Crippen LogP contribution in [0.15, 0.2) is 40.9 Å². The molecule has 2 aromatic rings. The van der Waals surface area contributed by atoms with Crippen LogP contribution in [0.25, 0.3) is 0 Å². The van der Waals surface area contributed by atoms with Crippen molar-refractivity contribution in [3.63, 3.8) is 0 Å². The van der Waals surface area contributed by atoms with Crippen molar-refractivity contribution in [3.8, 4) is 5.75 Å². The highest BCUT2D eigenvalue weighted by atomic mass is 79.9. The number of rotatable bonds is 5. The van der Waals surface area contributed by atoms with Gasteiger partial charge in [0.2, 0.25) is 0 Å². The van der Waals surface area contributed by atoms with Crippen LogP contribution >= 0.6 is 27.5 Å². The maximum absolute atomic E-state index is 6.13. The highest BCUT2D eigenvalue weighted by Crippen LogP contribution is 2.31. The number of halogens is 2. The van der Waals surface area contributed by atoms with Crippen LogP contribution < -0.4 is 10.1 Å². The summed E-state index contributed by atoms with van der Waals surface area (Å²) in [6, 6.07) is 12.3. The summed E-state index contributed by atoms with van der Waals surface area (Å²) in [5, 5.41) is 4.10. The quantitative estimate of drug-likeness (QED) is 0.808. The van der Waals surface area contributed by atoms with E-state index < -0.39 is 0 Å². The molecule has 1 atom stereocenters. The number of hydrogen-bond donors (Lipinski definition) is 1. The van der Waals surface area contributed by atoms with Crippen molar-refractivity contribution in [2.24, 2.45) is 0 Å². The standard InChI is InChI=1S/C17H19BrClNO/c1-11-4-7-17(21-3)12(8-11)9-16(20-2)14-10-13(19)5-6-15(14)18/h4-8,10,16,20H,9H2,1-3H3. The third-order valence-electron chi connectivity index (χ3n) is 3.54. The van der Waals surface area contributed by atoms with Crippen molar-refractivity contribution >= 4 is 27.5 Å². The third-order valence-corrected chi connectivity index (χ3v) is 4.50. The molecule has 0 fully saturated rings. The molecule has 0 amide bonds. The molecule has 0 aliphatic carbocycles. The topological polar surface area (TPSA) is 21.3 Å². The smallest absolute Gasteiger partial charge is 0.122 e. The van der Waals surface area contributed by atoms with E-state index in [1.165, 1.54) is 11.1 Å². The molecule has 0 saturated heterocycles. The molecule has 0 spiro atoms. The zero-order valence-electron chi connectivity index (χ0n) is 12.4. The average molecular weight is 369 g/mol. The molecule has 0 aromatic heterocycles. The summed E-state index contributed by atoms with van der Waals surface area (Å²) < 4.78 is 6.52. The van der Waals surface area contributed by atoms with Crippen LogP contribution in [0.4, 0.5) is 0 Å². The second-order valence-corrected chi connectivity index (χ2v) is 6.32. The molecule has 0 aliphatic heterocycles. The molecular formula is C17H19BrClNO. The van der Waals surface area contributed by atoms with Crippen molar-refractivity contribution < 1.29 is 4.74 Å². The molecule has 0 radical (unpaired) electrons. The van der Waals surface area contributed by atoms with E-state index in [0.29, 0.717) is 0 Å². The van der Waals surface area contributed by atoms with E-state index >= 15 is 0 Å². The van der Waals surface area contributed by atoms with Crippen LogP contribution in [0.1, 0.15) is 22.7 Å². The monoisotopic (exact) mass is 367 g/mol. The van der Waals surface area contributed by atoms with E-state index in [2.05, 4.69) is 40.3 Å². The van der Waals surface area contributed by atoms with Crippen molar-refractivity contribution in [3.05, 3.63) is 62.6 Å². The summed E-state index contributed by atoms with van der Waals surface area (Å²) in [5.41, 5.74) is 3.56. The third kappa shape index (κ3) is 4.00. The summed E-state index contributed by atoms with van der Waals surface area (Å²) in [5.74, 6) is 0.916. The molecule has 2 nitrogen and oxygen atoms in total. The number of likely N-dealkylation sites (N-methyl/N-ethyl adjacent to an activating group) is 1. The van der Waals surface area contributed by atoms with Gasteiger partial charge in [0.05, 0.1) is 7.11 Å². The minimum Gasteiger partial charge on any atom is -0.496 e. The first-order valence-electron chi connectivity index (χ1n) is 6.81. The van der Waals surface area contributed by atoms with E-state index in [-0.39, 0.29) is 6.04 Å². The van der Waals surface area contributed by atoms with Gasteiger partial charge in [-0.3, -0.25) is 0 Å². The second kappa shape index (κ2) is 7.30. The Labute approximate surface area is 139 Å². The second-order valence-electron chi connectivity index (χ2n) is 5.03. The lowest BCUT2D eigenvalue weighted by Crippen LogP contribution is -2.19. The number of methoxy groups -OCH3 is 1. The summed E-state index contributed by atoms with van der Waals surface area (Å²) in [6.45, 7) is 2.09. The van der Waals surface area contributed by atoms with Gasteiger partial charge in [-0.05, 0) is 55.8 Å². The van der Waals surface area contributed by atoms with E-state index in [1.807, 2.05) is 31.3 Å². The van der Waals surface area contributed by atoms with Gasteiger partial charge in [0, 0.05) is 15.5 Å². The van der Waals surface area contributed by atoms with Crippen molar-refractivity contribution in [1.82, 2.24) is 5.32 Å². The summed E-state index contributed by atoms with van der Waals surface area (Å²) in [7, 11) is 3.66. The minimum atomic E-state index is 0.161. The molecule has 0 saturated carbocycles. The Morgan fingerprint density at radius 2 is 2.00 bits per heavy atom. The van der Waals surface area contributed by atoms with E-state index in [0.717, 1.165) is 27.2 Å². The summed E-state index contributed by atoms with van der Waals surface area (Å²) in [6.07, 6.45) is 0.834. The fraction of sp³-hybridized carbons (Fsp3) is 0.294. The maximum atomic E-state index is 6.13. The van der Waals surface area contributed by atoms with Crippen molar-refractivity contribution in [2.75, 3.05) is 14.2 Å². The molecule has 4 heteroatoms. The van der Waals surface area contributed by atoms with Crippen molar-refractivity contribution in [1.29, 1.82) is 0 Å². The molecule has 112 valence electrons. The first-order chi connectivity index (χ1) is 10.0. The average Bonchev–Trinajstić information content (AvgIpc) is 2.47. The van der Waals surface area contributed by atoms with Crippen LogP contribution in [0, 0.1) is 6.92 Å². The van der Waals surface area contributed by atoms with Gasteiger partial charge in [-0.2, -0.15) is 0 Å². The van der Waals surface area contributed by atoms with Crippen molar-refractivity contribution in [2.45, 2.75) is 19.4 Å². The Hall–Kier alpha value is -1.03. The van der Waals surface area contributed by atoms with Gasteiger partial charge in [-0.15, -0.1) is 0 Å². The maximum Gasteiger partial charge on any atom is 0.122 e. The molecule has 1 N–H and O–H groups in total. The van der Waals surface area contributed by atoms with Crippen LogP contribution in [0.2, 0.25) is 5.02 Å². The predicted molar refractivity (Wildman–Crippen MR) is 92.4 cm³/mol. The number of aryl methyl sites for hydroxylation is 1. The SMILES string of the molecule is CNC(Cc1cc(C)ccc1OC)c1cc(Cl)ccc1Br. The Bertz CT molecular complexity index is 630. The Morgan fingerprint density at radius 1 is 1.24 bits per heavy atom. The van der Waals surface area contributed by atoms with E-state index in [1.54, 1.807) is 7.11 Å². The largest absolute Gasteiger partial charge is 0.496 e. The number of hydrogen-bond acceptors (Lipinski definition) is 2. The first-order valence-corrected chi connectivity index (χ1v) is 7.98. The van der Waals surface area contributed by atoms with Gasteiger partial charge >= 0.3 is 0 Å². The number of ether oxygens (including phenoxy) is 1. The summed E-state index contributed by atoms with van der Waals surface area (Å²) >= 11 is 9.74. The number of nitrogens with one attached hydrogen (secondary N) is 1. The molecule has 1 unspecified atom stereocenters. The Balaban J connectivity index is 2.35. The van der Waals surface area contributed by atoms with Gasteiger partial charge in [0.15, 0.2) is 0 Å². The lowest BCUT2D eigenvalue weighted by molar-refractivity contribution is 0.406. The lowest BCUT2D eigenvalue weighted by Gasteiger charge is -2.20. The minimum absolute atomic E-state index is 0.161. The fourth-order valence-electron chi connectivity index (χ4n) is 2.44. The highest BCUT2D eigenvalue weighted by molar-refractivity contribution is 9.10. The molecule has 2 rings (SSSR count). The molecule has 2 aromatic carbocycles. The van der Waals surface area contributed by atoms with Gasteiger partial charge in [0.1, 0.15) is 5.75 Å². The number of benzene rings is 2. The fourth-order valence-corrected chi connectivity index (χ4v) is 3.14. The molecule has 0 bridgehead atoms. The molecule has 0 heterocycles. The van der Waals surface area contributed by atoms with Crippen LogP contribution in [0.5, 0.6) is 5.75 Å². The lowest BCUT2D eigenvalue weighted by atomic mass is 9.97. The van der Waals surface area contributed by atoms with E-state index in [9.17, 15) is 0 Å². The van der Waals surface area contributed by atoms with Crippen LogP contribution in [-0.2, 0) is 6.42 Å². The molecular weight excluding hydrogens is 350 g/mol. The zero-order valence-corrected chi connectivity index (χ0v) is 14.8. The zero-order chi connectivity index (χ0) is 15.4. The van der Waals surface area contributed by atoms with Gasteiger partial charge in [0.25, 0.3) is 0 Å². The van der Waals surface area contributed by atoms with Gasteiger partial charge in [-0.25, -0.2) is 0 Å². The highest BCUT2D eigenvalue weighted by Gasteiger charge is 2.16. The van der Waals surface area contributed by atoms with E-state index in [4.69, 9.17) is 16.3 Å². The normalized spacial score (nSPS) is 12.2. The van der Waals surface area contributed by atoms with Gasteiger partial charge < -0.3 is 10.1 Å². The first kappa shape index (κ1) is 16.3. The Morgan fingerprint density at radius 3 is 2.67 bits per heavy atom. The molecule has 21 heavy (non-hydrogen) atoms. The van der Waals surface area contributed by atoms with Crippen LogP contribution in [0.3, 0.4) is 0 Å².